The standard InChI is InChI=1S/C8H12N4O/c13-8(7-4-10-5-11-7)12-6-1-2-9-3-6/h4-6,9H,1-3H2,(H,10,11)(H,12,13). The summed E-state index contributed by atoms with van der Waals surface area (Å²) in [7, 11) is 0. The minimum absolute atomic E-state index is 0.0776. The molecule has 5 heteroatoms. The summed E-state index contributed by atoms with van der Waals surface area (Å²) in [5.41, 5.74) is 0.520. The van der Waals surface area contributed by atoms with E-state index in [2.05, 4.69) is 20.6 Å². The van der Waals surface area contributed by atoms with Gasteiger partial charge in [-0.2, -0.15) is 0 Å². The lowest BCUT2D eigenvalue weighted by molar-refractivity contribution is 0.0935. The average molecular weight is 180 g/mol. The summed E-state index contributed by atoms with van der Waals surface area (Å²) in [6.45, 7) is 1.84. The number of nitrogens with one attached hydrogen (secondary N) is 3. The minimum atomic E-state index is -0.0776. The molecule has 0 bridgehead atoms. The summed E-state index contributed by atoms with van der Waals surface area (Å²) in [4.78, 5) is 18.0. The lowest BCUT2D eigenvalue weighted by Crippen LogP contribution is -2.36. The van der Waals surface area contributed by atoms with Crippen LogP contribution in [-0.2, 0) is 0 Å². The molecule has 0 spiro atoms. The molecule has 2 rings (SSSR count). The lowest BCUT2D eigenvalue weighted by atomic mass is 10.2. The molecular weight excluding hydrogens is 168 g/mol. The Hall–Kier alpha value is -1.36. The van der Waals surface area contributed by atoms with Crippen LogP contribution >= 0.6 is 0 Å². The van der Waals surface area contributed by atoms with Gasteiger partial charge in [0.05, 0.1) is 12.5 Å². The van der Waals surface area contributed by atoms with Crippen molar-refractivity contribution in [2.75, 3.05) is 13.1 Å². The summed E-state index contributed by atoms with van der Waals surface area (Å²) < 4.78 is 0. The quantitative estimate of drug-likeness (QED) is 0.574. The van der Waals surface area contributed by atoms with Gasteiger partial charge in [0.1, 0.15) is 5.69 Å². The first-order valence-corrected chi connectivity index (χ1v) is 4.36. The fourth-order valence-electron chi connectivity index (χ4n) is 1.42. The largest absolute Gasteiger partial charge is 0.347 e. The molecule has 1 atom stereocenters. The van der Waals surface area contributed by atoms with E-state index in [1.807, 2.05) is 0 Å². The maximum absolute atomic E-state index is 11.5. The van der Waals surface area contributed by atoms with Crippen molar-refractivity contribution in [1.29, 1.82) is 0 Å². The van der Waals surface area contributed by atoms with Gasteiger partial charge in [-0.25, -0.2) is 4.98 Å². The van der Waals surface area contributed by atoms with E-state index >= 15 is 0 Å². The Balaban J connectivity index is 1.91. The third kappa shape index (κ3) is 1.86. The first-order chi connectivity index (χ1) is 6.36. The predicted octanol–water partition coefficient (Wildman–Crippen LogP) is -0.499. The Morgan fingerprint density at radius 3 is 3.23 bits per heavy atom. The fraction of sp³-hybridized carbons (Fsp3) is 0.500. The van der Waals surface area contributed by atoms with E-state index in [0.29, 0.717) is 5.69 Å². The number of amides is 1. The van der Waals surface area contributed by atoms with Crippen LogP contribution in [0.25, 0.3) is 0 Å². The first-order valence-electron chi connectivity index (χ1n) is 4.36. The van der Waals surface area contributed by atoms with Crippen LogP contribution in [0.1, 0.15) is 16.9 Å². The molecule has 70 valence electrons. The number of H-pyrrole nitrogens is 1. The molecule has 1 amide bonds. The van der Waals surface area contributed by atoms with Gasteiger partial charge in [-0.1, -0.05) is 0 Å². The van der Waals surface area contributed by atoms with Crippen LogP contribution in [0.4, 0.5) is 0 Å². The van der Waals surface area contributed by atoms with Gasteiger partial charge >= 0.3 is 0 Å². The van der Waals surface area contributed by atoms with E-state index in [1.54, 1.807) is 0 Å². The number of carbonyl (C=O) groups excluding carboxylic acids is 1. The highest BCUT2D eigenvalue weighted by molar-refractivity contribution is 5.92. The number of nitrogens with zero attached hydrogens (tertiary/aromatic N) is 1. The van der Waals surface area contributed by atoms with Gasteiger partial charge in [-0.3, -0.25) is 4.79 Å². The van der Waals surface area contributed by atoms with Crippen molar-refractivity contribution in [1.82, 2.24) is 20.6 Å². The maximum Gasteiger partial charge on any atom is 0.269 e. The van der Waals surface area contributed by atoms with Crippen molar-refractivity contribution >= 4 is 5.91 Å². The van der Waals surface area contributed by atoms with E-state index in [4.69, 9.17) is 0 Å². The number of rotatable bonds is 2. The third-order valence-corrected chi connectivity index (χ3v) is 2.14. The molecule has 0 aromatic carbocycles. The zero-order valence-corrected chi connectivity index (χ0v) is 7.21. The van der Waals surface area contributed by atoms with Gasteiger partial charge < -0.3 is 15.6 Å². The Morgan fingerprint density at radius 1 is 1.69 bits per heavy atom. The smallest absolute Gasteiger partial charge is 0.269 e. The third-order valence-electron chi connectivity index (χ3n) is 2.14. The molecule has 0 saturated carbocycles. The van der Waals surface area contributed by atoms with Crippen LogP contribution < -0.4 is 10.6 Å². The van der Waals surface area contributed by atoms with E-state index in [1.165, 1.54) is 12.5 Å². The van der Waals surface area contributed by atoms with Crippen molar-refractivity contribution in [3.63, 3.8) is 0 Å². The van der Waals surface area contributed by atoms with Gasteiger partial charge in [-0.05, 0) is 13.0 Å². The second-order valence-electron chi connectivity index (χ2n) is 3.13. The number of hydrogen-bond donors (Lipinski definition) is 3. The van der Waals surface area contributed by atoms with Crippen LogP contribution in [0, 0.1) is 0 Å². The average Bonchev–Trinajstić information content (AvgIpc) is 2.74. The summed E-state index contributed by atoms with van der Waals surface area (Å²) in [6, 6.07) is 0.260. The van der Waals surface area contributed by atoms with Crippen LogP contribution in [0.3, 0.4) is 0 Å². The monoisotopic (exact) mass is 180 g/mol. The number of aromatic amines is 1. The van der Waals surface area contributed by atoms with Crippen LogP contribution in [0.5, 0.6) is 0 Å². The zero-order valence-electron chi connectivity index (χ0n) is 7.21. The summed E-state index contributed by atoms with van der Waals surface area (Å²) >= 11 is 0. The molecule has 13 heavy (non-hydrogen) atoms. The highest BCUT2D eigenvalue weighted by atomic mass is 16.2. The highest BCUT2D eigenvalue weighted by Crippen LogP contribution is 1.99. The molecule has 0 aliphatic carbocycles. The summed E-state index contributed by atoms with van der Waals surface area (Å²) in [5.74, 6) is -0.0776. The summed E-state index contributed by atoms with van der Waals surface area (Å²) in [5, 5.41) is 6.09. The first kappa shape index (κ1) is 8.25. The molecule has 1 unspecified atom stereocenters. The molecule has 1 aromatic heterocycles. The topological polar surface area (TPSA) is 69.8 Å². The van der Waals surface area contributed by atoms with E-state index in [0.717, 1.165) is 19.5 Å². The fourth-order valence-corrected chi connectivity index (χ4v) is 1.42. The molecule has 3 N–H and O–H groups in total. The van der Waals surface area contributed by atoms with Crippen molar-refractivity contribution in [3.05, 3.63) is 18.2 Å². The number of aromatic nitrogens is 2. The number of carbonyl (C=O) groups is 1. The minimum Gasteiger partial charge on any atom is -0.347 e. The molecular formula is C8H12N4O. The van der Waals surface area contributed by atoms with E-state index in [9.17, 15) is 4.79 Å². The zero-order chi connectivity index (χ0) is 9.10. The van der Waals surface area contributed by atoms with Gasteiger partial charge in [0, 0.05) is 12.6 Å². The summed E-state index contributed by atoms with van der Waals surface area (Å²) in [6.07, 6.45) is 4.03. The van der Waals surface area contributed by atoms with Crippen LogP contribution in [0.2, 0.25) is 0 Å². The molecule has 0 radical (unpaired) electrons. The lowest BCUT2D eigenvalue weighted by Gasteiger charge is -2.09. The predicted molar refractivity (Wildman–Crippen MR) is 47.3 cm³/mol. The molecule has 1 aliphatic heterocycles. The SMILES string of the molecule is O=C(NC1CCNC1)c1cnc[nH]1. The number of hydrogen-bond acceptors (Lipinski definition) is 3. The number of imidazole rings is 1. The Kier molecular flexibility index (Phi) is 2.27. The van der Waals surface area contributed by atoms with Crippen molar-refractivity contribution in [2.24, 2.45) is 0 Å². The Morgan fingerprint density at radius 2 is 2.62 bits per heavy atom. The van der Waals surface area contributed by atoms with Gasteiger partial charge in [0.25, 0.3) is 5.91 Å². The van der Waals surface area contributed by atoms with Gasteiger partial charge in [0.2, 0.25) is 0 Å². The van der Waals surface area contributed by atoms with Gasteiger partial charge in [-0.15, -0.1) is 0 Å². The molecule has 1 fully saturated rings. The molecule has 1 aliphatic rings. The van der Waals surface area contributed by atoms with E-state index < -0.39 is 0 Å². The highest BCUT2D eigenvalue weighted by Gasteiger charge is 2.17. The van der Waals surface area contributed by atoms with E-state index in [-0.39, 0.29) is 11.9 Å². The van der Waals surface area contributed by atoms with Crippen molar-refractivity contribution in [3.8, 4) is 0 Å². The van der Waals surface area contributed by atoms with Crippen molar-refractivity contribution in [2.45, 2.75) is 12.5 Å². The van der Waals surface area contributed by atoms with Crippen LogP contribution in [0.15, 0.2) is 12.5 Å². The van der Waals surface area contributed by atoms with Gasteiger partial charge in [0.15, 0.2) is 0 Å². The normalized spacial score (nSPS) is 21.7. The second-order valence-corrected chi connectivity index (χ2v) is 3.13. The maximum atomic E-state index is 11.5. The molecule has 5 nitrogen and oxygen atoms in total. The second kappa shape index (κ2) is 3.57. The molecule has 2 heterocycles. The van der Waals surface area contributed by atoms with Crippen LogP contribution in [-0.4, -0.2) is 35.0 Å². The Labute approximate surface area is 75.9 Å². The van der Waals surface area contributed by atoms with Crippen molar-refractivity contribution < 1.29 is 4.79 Å². The Bertz CT molecular complexity index is 276. The molecule has 1 saturated heterocycles. The molecule has 1 aromatic rings.